The highest BCUT2D eigenvalue weighted by molar-refractivity contribution is 5.88. The Hall–Kier alpha value is -2.36. The van der Waals surface area contributed by atoms with E-state index in [2.05, 4.69) is 10.3 Å². The fourth-order valence-corrected chi connectivity index (χ4v) is 1.71. The largest absolute Gasteiger partial charge is 0.478 e. The lowest BCUT2D eigenvalue weighted by molar-refractivity contribution is 0.0696. The quantitative estimate of drug-likeness (QED) is 0.865. The van der Waals surface area contributed by atoms with Crippen LogP contribution in [-0.4, -0.2) is 16.1 Å². The van der Waals surface area contributed by atoms with Crippen LogP contribution < -0.4 is 5.32 Å². The van der Waals surface area contributed by atoms with E-state index in [-0.39, 0.29) is 11.6 Å². The third-order valence-corrected chi connectivity index (χ3v) is 2.67. The minimum Gasteiger partial charge on any atom is -0.478 e. The average Bonchev–Trinajstić information content (AvgIpc) is 2.40. The van der Waals surface area contributed by atoms with Gasteiger partial charge in [-0.05, 0) is 18.6 Å². The molecule has 2 N–H and O–H groups in total. The second-order valence-electron chi connectivity index (χ2n) is 4.04. The average molecular weight is 242 g/mol. The standard InChI is InChI=1S/C14H14N2O2/c1-10(11-5-3-2-4-6-11)16-13-7-12(14(17)18)8-15-9-13/h2-10,16H,1H3,(H,17,18). The Morgan fingerprint density at radius 2 is 2.00 bits per heavy atom. The summed E-state index contributed by atoms with van der Waals surface area (Å²) in [5.74, 6) is -0.974. The van der Waals surface area contributed by atoms with Gasteiger partial charge in [0.1, 0.15) is 0 Å². The molecule has 0 fully saturated rings. The summed E-state index contributed by atoms with van der Waals surface area (Å²) in [5, 5.41) is 12.1. The highest BCUT2D eigenvalue weighted by Gasteiger charge is 2.07. The lowest BCUT2D eigenvalue weighted by Gasteiger charge is -2.15. The molecule has 18 heavy (non-hydrogen) atoms. The van der Waals surface area contributed by atoms with Crippen LogP contribution in [0.5, 0.6) is 0 Å². The molecule has 0 bridgehead atoms. The van der Waals surface area contributed by atoms with E-state index in [4.69, 9.17) is 5.11 Å². The summed E-state index contributed by atoms with van der Waals surface area (Å²) in [6.07, 6.45) is 2.95. The number of carboxylic acid groups (broad SMARTS) is 1. The van der Waals surface area contributed by atoms with Crippen molar-refractivity contribution < 1.29 is 9.90 Å². The molecule has 0 saturated carbocycles. The third kappa shape index (κ3) is 2.85. The molecule has 2 aromatic rings. The van der Waals surface area contributed by atoms with Crippen LogP contribution in [0.1, 0.15) is 28.9 Å². The summed E-state index contributed by atoms with van der Waals surface area (Å²) in [6, 6.07) is 11.6. The zero-order chi connectivity index (χ0) is 13.0. The molecule has 4 heteroatoms. The summed E-state index contributed by atoms with van der Waals surface area (Å²) < 4.78 is 0. The third-order valence-electron chi connectivity index (χ3n) is 2.67. The number of benzene rings is 1. The fraction of sp³-hybridized carbons (Fsp3) is 0.143. The Bertz CT molecular complexity index is 541. The number of anilines is 1. The highest BCUT2D eigenvalue weighted by atomic mass is 16.4. The SMILES string of the molecule is CC(Nc1cncc(C(=O)O)c1)c1ccccc1. The molecule has 1 aromatic heterocycles. The van der Waals surface area contributed by atoms with Crippen LogP contribution in [-0.2, 0) is 0 Å². The number of hydrogen-bond acceptors (Lipinski definition) is 3. The maximum Gasteiger partial charge on any atom is 0.337 e. The molecule has 2 rings (SSSR count). The van der Waals surface area contributed by atoms with Crippen LogP contribution in [0, 0.1) is 0 Å². The molecule has 1 aromatic carbocycles. The van der Waals surface area contributed by atoms with E-state index in [0.717, 1.165) is 5.56 Å². The van der Waals surface area contributed by atoms with E-state index in [9.17, 15) is 4.79 Å². The molecule has 1 unspecified atom stereocenters. The molecule has 0 saturated heterocycles. The van der Waals surface area contributed by atoms with Gasteiger partial charge in [0.15, 0.2) is 0 Å². The Kier molecular flexibility index (Phi) is 3.57. The molecule has 0 aliphatic carbocycles. The lowest BCUT2D eigenvalue weighted by atomic mass is 10.1. The first-order valence-corrected chi connectivity index (χ1v) is 5.66. The predicted octanol–water partition coefficient (Wildman–Crippen LogP) is 2.95. The second kappa shape index (κ2) is 5.31. The van der Waals surface area contributed by atoms with Crippen LogP contribution in [0.4, 0.5) is 5.69 Å². The van der Waals surface area contributed by atoms with E-state index in [1.54, 1.807) is 12.3 Å². The summed E-state index contributed by atoms with van der Waals surface area (Å²) >= 11 is 0. The van der Waals surface area contributed by atoms with E-state index in [0.29, 0.717) is 5.69 Å². The number of nitrogens with one attached hydrogen (secondary N) is 1. The lowest BCUT2D eigenvalue weighted by Crippen LogP contribution is -2.07. The first-order chi connectivity index (χ1) is 8.66. The van der Waals surface area contributed by atoms with Gasteiger partial charge >= 0.3 is 5.97 Å². The number of nitrogens with zero attached hydrogens (tertiary/aromatic N) is 1. The first-order valence-electron chi connectivity index (χ1n) is 5.66. The van der Waals surface area contributed by atoms with Crippen molar-refractivity contribution in [2.75, 3.05) is 5.32 Å². The Balaban J connectivity index is 2.14. The van der Waals surface area contributed by atoms with Crippen LogP contribution in [0.3, 0.4) is 0 Å². The summed E-state index contributed by atoms with van der Waals surface area (Å²) in [6.45, 7) is 2.02. The minimum absolute atomic E-state index is 0.0945. The van der Waals surface area contributed by atoms with Crippen molar-refractivity contribution in [2.24, 2.45) is 0 Å². The number of hydrogen-bond donors (Lipinski definition) is 2. The van der Waals surface area contributed by atoms with Gasteiger partial charge in [-0.15, -0.1) is 0 Å². The molecule has 92 valence electrons. The molecule has 0 amide bonds. The molecular weight excluding hydrogens is 228 g/mol. The number of aromatic nitrogens is 1. The number of carbonyl (C=O) groups is 1. The monoisotopic (exact) mass is 242 g/mol. The number of rotatable bonds is 4. The van der Waals surface area contributed by atoms with Gasteiger partial charge in [0, 0.05) is 18.4 Å². The molecule has 1 atom stereocenters. The van der Waals surface area contributed by atoms with Gasteiger partial charge in [-0.25, -0.2) is 4.79 Å². The minimum atomic E-state index is -0.974. The van der Waals surface area contributed by atoms with Crippen LogP contribution >= 0.6 is 0 Å². The summed E-state index contributed by atoms with van der Waals surface area (Å²) in [7, 11) is 0. The van der Waals surface area contributed by atoms with Crippen molar-refractivity contribution in [3.8, 4) is 0 Å². The maximum atomic E-state index is 10.8. The Morgan fingerprint density at radius 3 is 2.67 bits per heavy atom. The van der Waals surface area contributed by atoms with Crippen molar-refractivity contribution in [1.29, 1.82) is 0 Å². The van der Waals surface area contributed by atoms with E-state index >= 15 is 0 Å². The highest BCUT2D eigenvalue weighted by Crippen LogP contribution is 2.18. The van der Waals surface area contributed by atoms with Crippen molar-refractivity contribution in [1.82, 2.24) is 4.98 Å². The van der Waals surface area contributed by atoms with Crippen LogP contribution in [0.15, 0.2) is 48.8 Å². The molecule has 4 nitrogen and oxygen atoms in total. The maximum absolute atomic E-state index is 10.8. The van der Waals surface area contributed by atoms with Crippen LogP contribution in [0.2, 0.25) is 0 Å². The fourth-order valence-electron chi connectivity index (χ4n) is 1.71. The van der Waals surface area contributed by atoms with Crippen molar-refractivity contribution in [3.63, 3.8) is 0 Å². The first kappa shape index (κ1) is 12.1. The van der Waals surface area contributed by atoms with E-state index in [1.807, 2.05) is 37.3 Å². The molecule has 0 spiro atoms. The van der Waals surface area contributed by atoms with Gasteiger partial charge in [-0.1, -0.05) is 30.3 Å². The Morgan fingerprint density at radius 1 is 1.28 bits per heavy atom. The molecular formula is C14H14N2O2. The van der Waals surface area contributed by atoms with E-state index < -0.39 is 5.97 Å². The molecule has 0 radical (unpaired) electrons. The van der Waals surface area contributed by atoms with Gasteiger partial charge in [0.05, 0.1) is 11.3 Å². The van der Waals surface area contributed by atoms with Gasteiger partial charge in [-0.2, -0.15) is 0 Å². The topological polar surface area (TPSA) is 62.2 Å². The number of pyridine rings is 1. The van der Waals surface area contributed by atoms with Gasteiger partial charge in [0.25, 0.3) is 0 Å². The van der Waals surface area contributed by atoms with Crippen molar-refractivity contribution in [3.05, 3.63) is 59.9 Å². The smallest absolute Gasteiger partial charge is 0.337 e. The van der Waals surface area contributed by atoms with Crippen LogP contribution in [0.25, 0.3) is 0 Å². The van der Waals surface area contributed by atoms with E-state index in [1.165, 1.54) is 6.20 Å². The normalized spacial score (nSPS) is 11.8. The zero-order valence-electron chi connectivity index (χ0n) is 10.00. The Labute approximate surface area is 105 Å². The summed E-state index contributed by atoms with van der Waals surface area (Å²) in [5.41, 5.74) is 2.02. The molecule has 0 aliphatic heterocycles. The van der Waals surface area contributed by atoms with Crippen molar-refractivity contribution in [2.45, 2.75) is 13.0 Å². The molecule has 1 heterocycles. The summed E-state index contributed by atoms with van der Waals surface area (Å²) in [4.78, 5) is 14.8. The number of aromatic carboxylic acids is 1. The van der Waals surface area contributed by atoms with Crippen molar-refractivity contribution >= 4 is 11.7 Å². The zero-order valence-corrected chi connectivity index (χ0v) is 10.00. The van der Waals surface area contributed by atoms with Gasteiger partial charge in [0.2, 0.25) is 0 Å². The molecule has 0 aliphatic rings. The second-order valence-corrected chi connectivity index (χ2v) is 4.04. The predicted molar refractivity (Wildman–Crippen MR) is 69.7 cm³/mol. The van der Waals surface area contributed by atoms with Gasteiger partial charge < -0.3 is 10.4 Å². The van der Waals surface area contributed by atoms with Gasteiger partial charge in [-0.3, -0.25) is 4.98 Å². The number of carboxylic acids is 1.